The molecule has 0 spiro atoms. The van der Waals surface area contributed by atoms with Crippen LogP contribution in [-0.4, -0.2) is 25.7 Å². The zero-order chi connectivity index (χ0) is 22.5. The van der Waals surface area contributed by atoms with Crippen molar-refractivity contribution in [1.82, 2.24) is 0 Å². The standard InChI is InChI=1S/C27H24O5/c1-3-18-9-11-20(12-10-18)26(28)22(15-19-7-5-4-6-8-19)25(27(29)30-2)21-13-14-23-24(16-21)32-17-31-23/h4-14,16H,3,15,17H2,1-2H3/b25-22-. The molecule has 5 heteroatoms. The van der Waals surface area contributed by atoms with Crippen molar-refractivity contribution in [3.63, 3.8) is 0 Å². The van der Waals surface area contributed by atoms with Gasteiger partial charge in [-0.15, -0.1) is 0 Å². The predicted octanol–water partition coefficient (Wildman–Crippen LogP) is 5.03. The van der Waals surface area contributed by atoms with Crippen molar-refractivity contribution in [2.24, 2.45) is 0 Å². The fourth-order valence-corrected chi connectivity index (χ4v) is 3.72. The van der Waals surface area contributed by atoms with Crippen LogP contribution in [0.4, 0.5) is 0 Å². The number of benzene rings is 3. The fraction of sp³-hybridized carbons (Fsp3) is 0.185. The summed E-state index contributed by atoms with van der Waals surface area (Å²) >= 11 is 0. The van der Waals surface area contributed by atoms with Gasteiger partial charge in [0.2, 0.25) is 6.79 Å². The number of esters is 1. The number of ether oxygens (including phenoxy) is 3. The molecule has 0 aromatic heterocycles. The van der Waals surface area contributed by atoms with Crippen LogP contribution in [-0.2, 0) is 22.4 Å². The average molecular weight is 428 g/mol. The molecular formula is C27H24O5. The van der Waals surface area contributed by atoms with E-state index in [1.807, 2.05) is 42.5 Å². The molecule has 162 valence electrons. The van der Waals surface area contributed by atoms with E-state index in [0.29, 0.717) is 28.2 Å². The summed E-state index contributed by atoms with van der Waals surface area (Å²) in [7, 11) is 1.32. The summed E-state index contributed by atoms with van der Waals surface area (Å²) < 4.78 is 16.0. The Labute approximate surface area is 187 Å². The summed E-state index contributed by atoms with van der Waals surface area (Å²) in [6.45, 7) is 2.18. The van der Waals surface area contributed by atoms with Crippen LogP contribution >= 0.6 is 0 Å². The molecule has 0 bridgehead atoms. The van der Waals surface area contributed by atoms with Crippen LogP contribution in [0.2, 0.25) is 0 Å². The lowest BCUT2D eigenvalue weighted by Crippen LogP contribution is -2.15. The number of fused-ring (bicyclic) bond motifs is 1. The van der Waals surface area contributed by atoms with Gasteiger partial charge in [-0.05, 0) is 35.2 Å². The van der Waals surface area contributed by atoms with E-state index in [9.17, 15) is 9.59 Å². The van der Waals surface area contributed by atoms with E-state index >= 15 is 0 Å². The number of hydrogen-bond acceptors (Lipinski definition) is 5. The number of Topliss-reactive ketones (excluding diaryl/α,β-unsaturated/α-hetero) is 1. The van der Waals surface area contributed by atoms with Gasteiger partial charge in [-0.25, -0.2) is 4.79 Å². The summed E-state index contributed by atoms with van der Waals surface area (Å²) in [4.78, 5) is 26.7. The van der Waals surface area contributed by atoms with E-state index in [-0.39, 0.29) is 24.6 Å². The van der Waals surface area contributed by atoms with Gasteiger partial charge in [-0.1, -0.05) is 67.6 Å². The molecule has 0 saturated carbocycles. The average Bonchev–Trinajstić information content (AvgIpc) is 3.32. The number of carbonyl (C=O) groups is 2. The lowest BCUT2D eigenvalue weighted by atomic mass is 9.89. The minimum absolute atomic E-state index is 0.121. The van der Waals surface area contributed by atoms with Crippen molar-refractivity contribution in [2.75, 3.05) is 13.9 Å². The zero-order valence-corrected chi connectivity index (χ0v) is 18.1. The van der Waals surface area contributed by atoms with Crippen LogP contribution < -0.4 is 9.47 Å². The van der Waals surface area contributed by atoms with Crippen molar-refractivity contribution in [1.29, 1.82) is 0 Å². The summed E-state index contributed by atoms with van der Waals surface area (Å²) in [5, 5.41) is 0. The van der Waals surface area contributed by atoms with Crippen molar-refractivity contribution in [2.45, 2.75) is 19.8 Å². The number of aryl methyl sites for hydroxylation is 1. The smallest absolute Gasteiger partial charge is 0.338 e. The van der Waals surface area contributed by atoms with E-state index in [1.54, 1.807) is 30.3 Å². The molecule has 0 amide bonds. The Bertz CT molecular complexity index is 1160. The predicted molar refractivity (Wildman–Crippen MR) is 122 cm³/mol. The van der Waals surface area contributed by atoms with Crippen LogP contribution in [0, 0.1) is 0 Å². The first kappa shape index (κ1) is 21.4. The van der Waals surface area contributed by atoms with E-state index in [2.05, 4.69) is 6.92 Å². The SMILES string of the molecule is CCc1ccc(C(=O)/C(Cc2ccccc2)=C(\C(=O)OC)c2ccc3c(c2)OCO3)cc1. The monoisotopic (exact) mass is 428 g/mol. The highest BCUT2D eigenvalue weighted by atomic mass is 16.7. The highest BCUT2D eigenvalue weighted by Gasteiger charge is 2.26. The van der Waals surface area contributed by atoms with Gasteiger partial charge < -0.3 is 14.2 Å². The number of methoxy groups -OCH3 is 1. The molecule has 0 radical (unpaired) electrons. The van der Waals surface area contributed by atoms with Crippen LogP contribution in [0.3, 0.4) is 0 Å². The molecule has 0 unspecified atom stereocenters. The maximum atomic E-state index is 13.7. The molecule has 0 saturated heterocycles. The van der Waals surface area contributed by atoms with Gasteiger partial charge in [0.1, 0.15) is 0 Å². The van der Waals surface area contributed by atoms with Crippen molar-refractivity contribution in [3.05, 3.63) is 101 Å². The maximum absolute atomic E-state index is 13.7. The first-order chi connectivity index (χ1) is 15.6. The van der Waals surface area contributed by atoms with Crippen molar-refractivity contribution < 1.29 is 23.8 Å². The molecule has 4 rings (SSSR count). The number of rotatable bonds is 7. The second kappa shape index (κ2) is 9.52. The van der Waals surface area contributed by atoms with E-state index < -0.39 is 5.97 Å². The molecule has 0 atom stereocenters. The van der Waals surface area contributed by atoms with E-state index in [1.165, 1.54) is 7.11 Å². The number of hydrogen-bond donors (Lipinski definition) is 0. The van der Waals surface area contributed by atoms with Crippen molar-refractivity contribution in [3.8, 4) is 11.5 Å². The van der Waals surface area contributed by atoms with Gasteiger partial charge >= 0.3 is 5.97 Å². The molecular weight excluding hydrogens is 404 g/mol. The Hall–Kier alpha value is -3.86. The zero-order valence-electron chi connectivity index (χ0n) is 18.1. The van der Waals surface area contributed by atoms with E-state index in [4.69, 9.17) is 14.2 Å². The third-order valence-corrected chi connectivity index (χ3v) is 5.47. The highest BCUT2D eigenvalue weighted by molar-refractivity contribution is 6.27. The lowest BCUT2D eigenvalue weighted by Gasteiger charge is -2.15. The highest BCUT2D eigenvalue weighted by Crippen LogP contribution is 2.36. The summed E-state index contributed by atoms with van der Waals surface area (Å²) in [5.41, 5.74) is 3.72. The van der Waals surface area contributed by atoms with Crippen LogP contribution in [0.1, 0.15) is 34.0 Å². The first-order valence-corrected chi connectivity index (χ1v) is 10.5. The van der Waals surface area contributed by atoms with E-state index in [0.717, 1.165) is 17.5 Å². The Kier molecular flexibility index (Phi) is 6.36. The third kappa shape index (κ3) is 4.42. The number of allylic oxidation sites excluding steroid dienone is 1. The van der Waals surface area contributed by atoms with Gasteiger partial charge in [-0.2, -0.15) is 0 Å². The number of carbonyl (C=O) groups excluding carboxylic acids is 2. The molecule has 32 heavy (non-hydrogen) atoms. The first-order valence-electron chi connectivity index (χ1n) is 10.5. The molecule has 1 aliphatic rings. The van der Waals surface area contributed by atoms with Crippen LogP contribution in [0.5, 0.6) is 11.5 Å². The second-order valence-electron chi connectivity index (χ2n) is 7.46. The minimum Gasteiger partial charge on any atom is -0.465 e. The number of ketones is 1. The van der Waals surface area contributed by atoms with Gasteiger partial charge in [0.05, 0.1) is 12.7 Å². The molecule has 0 N–H and O–H groups in total. The molecule has 5 nitrogen and oxygen atoms in total. The largest absolute Gasteiger partial charge is 0.465 e. The molecule has 0 fully saturated rings. The Balaban J connectivity index is 1.88. The quantitative estimate of drug-likeness (QED) is 0.300. The molecule has 3 aromatic carbocycles. The minimum atomic E-state index is -0.576. The Morgan fingerprint density at radius 2 is 1.53 bits per heavy atom. The van der Waals surface area contributed by atoms with Crippen LogP contribution in [0.25, 0.3) is 5.57 Å². The van der Waals surface area contributed by atoms with Gasteiger partial charge in [0.25, 0.3) is 0 Å². The topological polar surface area (TPSA) is 61.8 Å². The fourth-order valence-electron chi connectivity index (χ4n) is 3.72. The molecule has 1 aliphatic heterocycles. The molecule has 3 aromatic rings. The van der Waals surface area contributed by atoms with Gasteiger partial charge in [0, 0.05) is 17.6 Å². The third-order valence-electron chi connectivity index (χ3n) is 5.47. The van der Waals surface area contributed by atoms with Gasteiger partial charge in [0.15, 0.2) is 17.3 Å². The Morgan fingerprint density at radius 1 is 0.844 bits per heavy atom. The Morgan fingerprint density at radius 3 is 2.22 bits per heavy atom. The van der Waals surface area contributed by atoms with Crippen LogP contribution in [0.15, 0.2) is 78.4 Å². The normalized spacial score (nSPS) is 12.8. The summed E-state index contributed by atoms with van der Waals surface area (Å²) in [5.74, 6) is 0.342. The maximum Gasteiger partial charge on any atom is 0.338 e. The molecule has 1 heterocycles. The molecule has 0 aliphatic carbocycles. The summed E-state index contributed by atoms with van der Waals surface area (Å²) in [6.07, 6.45) is 1.17. The second-order valence-corrected chi connectivity index (χ2v) is 7.46. The summed E-state index contributed by atoms with van der Waals surface area (Å²) in [6, 6.07) is 22.3. The van der Waals surface area contributed by atoms with Crippen molar-refractivity contribution >= 4 is 17.3 Å². The lowest BCUT2D eigenvalue weighted by molar-refractivity contribution is -0.133. The van der Waals surface area contributed by atoms with Gasteiger partial charge in [-0.3, -0.25) is 4.79 Å².